The molecule has 1 spiro atoms. The zero-order valence-electron chi connectivity index (χ0n) is 35.5. The Morgan fingerprint density at radius 3 is 2.27 bits per heavy atom. The molecule has 3 heterocycles. The first-order chi connectivity index (χ1) is 26.7. The number of fused-ring (bicyclic) bond motifs is 2. The Morgan fingerprint density at radius 2 is 1.61 bits per heavy atom. The van der Waals surface area contributed by atoms with Gasteiger partial charge >= 0.3 is 5.97 Å². The standard InChI is InChI=1S/C45H78O11/c1-8-33-15-12-10-11-13-17-37(48)31(5)38(49)26-35(53-7)27-39(50)32(6)44(52)30(4)18-21-43(51)54-42-28-45(55-40(20-19-33)36(42)16-14-24-46)23-22-29(3)41(56-45)25-34(47)9-2/h10-12,15,18,21,29-42,44,46-50,52H,8-9,13-14,16-17,19-20,22-28H2,1-7H3. The Kier molecular flexibility index (Phi) is 21.2. The van der Waals surface area contributed by atoms with Crippen LogP contribution in [0.25, 0.3) is 0 Å². The van der Waals surface area contributed by atoms with Gasteiger partial charge in [-0.15, -0.1) is 0 Å². The number of hydrogen-bond donors (Lipinski definition) is 6. The van der Waals surface area contributed by atoms with Gasteiger partial charge in [0, 0.05) is 56.3 Å². The lowest BCUT2D eigenvalue weighted by Crippen LogP contribution is -2.58. The van der Waals surface area contributed by atoms with E-state index < -0.39 is 72.2 Å². The first-order valence-electron chi connectivity index (χ1n) is 21.8. The molecular weight excluding hydrogens is 716 g/mol. The van der Waals surface area contributed by atoms with Crippen molar-refractivity contribution in [3.8, 4) is 0 Å². The number of aliphatic hydroxyl groups is 6. The molecule has 0 aromatic rings. The number of carbonyl (C=O) groups is 1. The third-order valence-electron chi connectivity index (χ3n) is 13.1. The lowest BCUT2D eigenvalue weighted by molar-refractivity contribution is -0.349. The van der Waals surface area contributed by atoms with E-state index in [1.54, 1.807) is 19.9 Å². The predicted octanol–water partition coefficient (Wildman–Crippen LogP) is 6.16. The van der Waals surface area contributed by atoms with Gasteiger partial charge in [0.2, 0.25) is 0 Å². The summed E-state index contributed by atoms with van der Waals surface area (Å²) in [6, 6.07) is 0. The number of ether oxygens (including phenoxy) is 4. The van der Waals surface area contributed by atoms with Gasteiger partial charge in [-0.25, -0.2) is 4.79 Å². The van der Waals surface area contributed by atoms with Crippen LogP contribution in [0.1, 0.15) is 131 Å². The summed E-state index contributed by atoms with van der Waals surface area (Å²) < 4.78 is 25.7. The fraction of sp³-hybridized carbons (Fsp3) is 0.844. The van der Waals surface area contributed by atoms with Crippen LogP contribution >= 0.6 is 0 Å². The average Bonchev–Trinajstić information content (AvgIpc) is 3.18. The van der Waals surface area contributed by atoms with Gasteiger partial charge in [0.05, 0.1) is 48.8 Å². The molecular formula is C45H78O11. The molecule has 3 rings (SSSR count). The number of hydrogen-bond acceptors (Lipinski definition) is 11. The van der Waals surface area contributed by atoms with E-state index in [-0.39, 0.29) is 49.4 Å². The Labute approximate surface area is 337 Å². The molecule has 0 aromatic carbocycles. The van der Waals surface area contributed by atoms with Crippen LogP contribution in [0, 0.1) is 35.5 Å². The second-order valence-electron chi connectivity index (χ2n) is 17.3. The minimum atomic E-state index is -0.981. The quantitative estimate of drug-likeness (QED) is 0.155. The van der Waals surface area contributed by atoms with Crippen LogP contribution in [0.3, 0.4) is 0 Å². The van der Waals surface area contributed by atoms with Crippen LogP contribution in [0.4, 0.5) is 0 Å². The molecule has 0 aliphatic carbocycles. The second kappa shape index (κ2) is 24.4. The number of aliphatic hydroxyl groups excluding tert-OH is 6. The molecule has 3 aliphatic rings. The van der Waals surface area contributed by atoms with Gasteiger partial charge in [-0.1, -0.05) is 71.9 Å². The van der Waals surface area contributed by atoms with Crippen LogP contribution in [0.5, 0.6) is 0 Å². The highest BCUT2D eigenvalue weighted by Crippen LogP contribution is 2.47. The van der Waals surface area contributed by atoms with Crippen molar-refractivity contribution in [2.24, 2.45) is 35.5 Å². The molecule has 324 valence electrons. The first kappa shape index (κ1) is 48.7. The number of rotatable bonds is 8. The molecule has 11 nitrogen and oxygen atoms in total. The van der Waals surface area contributed by atoms with E-state index in [4.69, 9.17) is 18.9 Å². The van der Waals surface area contributed by atoms with Gasteiger partial charge in [0.15, 0.2) is 5.79 Å². The van der Waals surface area contributed by atoms with Crippen molar-refractivity contribution in [1.82, 2.24) is 0 Å². The van der Waals surface area contributed by atoms with Crippen molar-refractivity contribution < 1.29 is 54.4 Å². The molecule has 56 heavy (non-hydrogen) atoms. The zero-order valence-corrected chi connectivity index (χ0v) is 35.5. The third kappa shape index (κ3) is 14.9. The van der Waals surface area contributed by atoms with Gasteiger partial charge in [0.25, 0.3) is 0 Å². The molecule has 3 aliphatic heterocycles. The summed E-state index contributed by atoms with van der Waals surface area (Å²) in [5.41, 5.74) is 0. The van der Waals surface area contributed by atoms with Crippen LogP contribution in [0.2, 0.25) is 0 Å². The van der Waals surface area contributed by atoms with E-state index in [1.165, 1.54) is 13.2 Å². The average molecular weight is 795 g/mol. The maximum Gasteiger partial charge on any atom is 0.330 e. The third-order valence-corrected chi connectivity index (χ3v) is 13.1. The number of esters is 1. The molecule has 0 amide bonds. The summed E-state index contributed by atoms with van der Waals surface area (Å²) in [5.74, 6) is -2.65. The molecule has 2 fully saturated rings. The molecule has 16 atom stereocenters. The lowest BCUT2D eigenvalue weighted by atomic mass is 9.78. The summed E-state index contributed by atoms with van der Waals surface area (Å²) >= 11 is 0. The van der Waals surface area contributed by atoms with Crippen LogP contribution in [0.15, 0.2) is 36.5 Å². The molecule has 0 radical (unpaired) electrons. The van der Waals surface area contributed by atoms with Crippen LogP contribution in [-0.2, 0) is 23.7 Å². The fourth-order valence-corrected chi connectivity index (χ4v) is 8.74. The van der Waals surface area contributed by atoms with Gasteiger partial charge in [-0.05, 0) is 88.9 Å². The maximum absolute atomic E-state index is 13.6. The van der Waals surface area contributed by atoms with E-state index >= 15 is 0 Å². The topological polar surface area (TPSA) is 175 Å². The van der Waals surface area contributed by atoms with E-state index in [0.717, 1.165) is 19.3 Å². The van der Waals surface area contributed by atoms with Crippen LogP contribution in [-0.4, -0.2) is 111 Å². The van der Waals surface area contributed by atoms with Crippen LogP contribution < -0.4 is 0 Å². The van der Waals surface area contributed by atoms with E-state index in [0.29, 0.717) is 57.8 Å². The molecule has 2 bridgehead atoms. The van der Waals surface area contributed by atoms with Gasteiger partial charge in [-0.2, -0.15) is 0 Å². The Bertz CT molecular complexity index is 1210. The molecule has 2 saturated heterocycles. The minimum absolute atomic E-state index is 0.00761. The molecule has 6 N–H and O–H groups in total. The van der Waals surface area contributed by atoms with Crippen molar-refractivity contribution in [2.45, 2.75) is 192 Å². The summed E-state index contributed by atoms with van der Waals surface area (Å²) in [6.07, 6.45) is 13.9. The Hall–Kier alpha value is -1.67. The minimum Gasteiger partial charge on any atom is -0.459 e. The van der Waals surface area contributed by atoms with E-state index in [2.05, 4.69) is 26.0 Å². The first-order valence-corrected chi connectivity index (χ1v) is 21.8. The highest BCUT2D eigenvalue weighted by Gasteiger charge is 2.52. The van der Waals surface area contributed by atoms with E-state index in [1.807, 2.05) is 26.0 Å². The van der Waals surface area contributed by atoms with Gasteiger partial charge < -0.3 is 49.6 Å². The van der Waals surface area contributed by atoms with Gasteiger partial charge in [-0.3, -0.25) is 0 Å². The second-order valence-corrected chi connectivity index (χ2v) is 17.3. The molecule has 0 aromatic heterocycles. The SMILES string of the molecule is CCC(O)CC1OC2(CCC1C)CC1OC(=O)C=CC(C)C(O)C(C)C(O)CC(OC)CC(O)C(C)C(O)CCC=CC=CC(CC)CCC(O2)C1CCCO. The predicted molar refractivity (Wildman–Crippen MR) is 217 cm³/mol. The lowest BCUT2D eigenvalue weighted by Gasteiger charge is -2.52. The fourth-order valence-electron chi connectivity index (χ4n) is 8.74. The van der Waals surface area contributed by atoms with Gasteiger partial charge in [0.1, 0.15) is 6.10 Å². The Morgan fingerprint density at radius 1 is 0.893 bits per heavy atom. The number of carbonyl (C=O) groups excluding carboxylic acids is 1. The molecule has 11 heteroatoms. The largest absolute Gasteiger partial charge is 0.459 e. The highest BCUT2D eigenvalue weighted by molar-refractivity contribution is 5.82. The summed E-state index contributed by atoms with van der Waals surface area (Å²) in [6.45, 7) is 11.6. The number of allylic oxidation sites excluding steroid dienone is 4. The highest BCUT2D eigenvalue weighted by atomic mass is 16.7. The van der Waals surface area contributed by atoms with Crippen molar-refractivity contribution in [1.29, 1.82) is 0 Å². The van der Waals surface area contributed by atoms with Crippen molar-refractivity contribution in [3.63, 3.8) is 0 Å². The normalized spacial score (nSPS) is 41.0. The van der Waals surface area contributed by atoms with Crippen molar-refractivity contribution in [2.75, 3.05) is 13.7 Å². The molecule has 16 unspecified atom stereocenters. The van der Waals surface area contributed by atoms with Crippen molar-refractivity contribution >= 4 is 5.97 Å². The van der Waals surface area contributed by atoms with E-state index in [9.17, 15) is 35.4 Å². The summed E-state index contributed by atoms with van der Waals surface area (Å²) in [4.78, 5) is 13.6. The molecule has 0 saturated carbocycles. The smallest absolute Gasteiger partial charge is 0.330 e. The number of methoxy groups -OCH3 is 1. The maximum atomic E-state index is 13.6. The summed E-state index contributed by atoms with van der Waals surface area (Å²) in [5, 5.41) is 64.7. The summed E-state index contributed by atoms with van der Waals surface area (Å²) in [7, 11) is 1.52. The van der Waals surface area contributed by atoms with Crippen molar-refractivity contribution in [3.05, 3.63) is 36.5 Å². The zero-order chi connectivity index (χ0) is 41.4. The monoisotopic (exact) mass is 795 g/mol. The Balaban J connectivity index is 1.95.